The fraction of sp³-hybridized carbons (Fsp3) is 0.500. The summed E-state index contributed by atoms with van der Waals surface area (Å²) < 4.78 is 0. The average molecular weight is 234 g/mol. The van der Waals surface area contributed by atoms with E-state index < -0.39 is 6.04 Å². The van der Waals surface area contributed by atoms with Crippen LogP contribution in [0.15, 0.2) is 30.3 Å². The first-order valence-electron chi connectivity index (χ1n) is 6.17. The molecule has 0 aliphatic rings. The number of carbonyl (C=O) groups excluding carboxylic acids is 1. The van der Waals surface area contributed by atoms with Gasteiger partial charge in [-0.25, -0.2) is 0 Å². The normalized spacial score (nSPS) is 12.5. The van der Waals surface area contributed by atoms with E-state index in [4.69, 9.17) is 5.73 Å². The Kier molecular flexibility index (Phi) is 5.70. The van der Waals surface area contributed by atoms with E-state index in [0.717, 1.165) is 12.0 Å². The predicted octanol–water partition coefficient (Wildman–Crippen LogP) is 1.72. The van der Waals surface area contributed by atoms with E-state index in [1.54, 1.807) is 0 Å². The van der Waals surface area contributed by atoms with E-state index in [1.165, 1.54) is 0 Å². The zero-order valence-corrected chi connectivity index (χ0v) is 10.6. The molecule has 0 aliphatic heterocycles. The van der Waals surface area contributed by atoms with Crippen LogP contribution in [0.3, 0.4) is 0 Å². The molecule has 0 saturated carbocycles. The Morgan fingerprint density at radius 3 is 2.53 bits per heavy atom. The molecular weight excluding hydrogens is 212 g/mol. The third-order valence-electron chi connectivity index (χ3n) is 2.66. The lowest BCUT2D eigenvalue weighted by atomic mass is 10.1. The predicted molar refractivity (Wildman–Crippen MR) is 70.6 cm³/mol. The van der Waals surface area contributed by atoms with Gasteiger partial charge in [-0.2, -0.15) is 0 Å². The van der Waals surface area contributed by atoms with Gasteiger partial charge in [0.25, 0.3) is 0 Å². The fourth-order valence-corrected chi connectivity index (χ4v) is 1.58. The number of carbonyl (C=O) groups is 1. The van der Waals surface area contributed by atoms with Crippen molar-refractivity contribution in [1.82, 2.24) is 5.32 Å². The summed E-state index contributed by atoms with van der Waals surface area (Å²) in [6, 6.07) is 9.39. The van der Waals surface area contributed by atoms with E-state index in [9.17, 15) is 4.79 Å². The lowest BCUT2D eigenvalue weighted by molar-refractivity contribution is -0.122. The smallest absolute Gasteiger partial charge is 0.237 e. The van der Waals surface area contributed by atoms with Gasteiger partial charge in [-0.3, -0.25) is 4.79 Å². The summed E-state index contributed by atoms with van der Waals surface area (Å²) in [4.78, 5) is 11.7. The van der Waals surface area contributed by atoms with Crippen molar-refractivity contribution in [2.45, 2.75) is 32.7 Å². The van der Waals surface area contributed by atoms with Gasteiger partial charge < -0.3 is 11.1 Å². The maximum atomic E-state index is 11.7. The molecular formula is C14H22N2O. The second-order valence-corrected chi connectivity index (χ2v) is 4.77. The lowest BCUT2D eigenvalue weighted by Gasteiger charge is -2.13. The molecule has 0 saturated heterocycles. The third kappa shape index (κ3) is 5.50. The second kappa shape index (κ2) is 7.07. The molecule has 1 rings (SSSR count). The van der Waals surface area contributed by atoms with E-state index in [1.807, 2.05) is 30.3 Å². The molecule has 1 aromatic rings. The summed E-state index contributed by atoms with van der Waals surface area (Å²) in [6.45, 7) is 4.98. The number of benzene rings is 1. The molecule has 3 nitrogen and oxygen atoms in total. The molecule has 0 aromatic heterocycles. The molecule has 1 amide bonds. The molecule has 1 aromatic carbocycles. The van der Waals surface area contributed by atoms with Gasteiger partial charge >= 0.3 is 0 Å². The molecule has 0 unspecified atom stereocenters. The van der Waals surface area contributed by atoms with Gasteiger partial charge in [-0.1, -0.05) is 44.2 Å². The Hall–Kier alpha value is -1.35. The van der Waals surface area contributed by atoms with Crippen LogP contribution < -0.4 is 11.1 Å². The zero-order chi connectivity index (χ0) is 12.7. The molecule has 94 valence electrons. The topological polar surface area (TPSA) is 55.1 Å². The van der Waals surface area contributed by atoms with Crippen LogP contribution in [0.4, 0.5) is 0 Å². The highest BCUT2D eigenvalue weighted by Gasteiger charge is 2.13. The van der Waals surface area contributed by atoms with Gasteiger partial charge in [0, 0.05) is 6.54 Å². The Morgan fingerprint density at radius 2 is 1.94 bits per heavy atom. The number of nitrogens with one attached hydrogen (secondary N) is 1. The number of amides is 1. The van der Waals surface area contributed by atoms with Crippen molar-refractivity contribution in [3.63, 3.8) is 0 Å². The summed E-state index contributed by atoms with van der Waals surface area (Å²) in [7, 11) is 0. The molecule has 0 radical (unpaired) electrons. The van der Waals surface area contributed by atoms with E-state index in [0.29, 0.717) is 18.9 Å². The van der Waals surface area contributed by atoms with Crippen molar-refractivity contribution in [2.24, 2.45) is 11.7 Å². The minimum Gasteiger partial charge on any atom is -0.355 e. The first kappa shape index (κ1) is 13.7. The Labute approximate surface area is 103 Å². The maximum Gasteiger partial charge on any atom is 0.237 e. The molecule has 1 atom stereocenters. The van der Waals surface area contributed by atoms with E-state index in [-0.39, 0.29) is 5.91 Å². The van der Waals surface area contributed by atoms with Crippen LogP contribution >= 0.6 is 0 Å². The molecule has 3 N–H and O–H groups in total. The highest BCUT2D eigenvalue weighted by atomic mass is 16.2. The summed E-state index contributed by atoms with van der Waals surface area (Å²) in [5.41, 5.74) is 6.95. The summed E-state index contributed by atoms with van der Waals surface area (Å²) in [5.74, 6) is 0.537. The minimum absolute atomic E-state index is 0.0606. The molecule has 0 bridgehead atoms. The van der Waals surface area contributed by atoms with Gasteiger partial charge in [0.15, 0.2) is 0 Å². The summed E-state index contributed by atoms with van der Waals surface area (Å²) >= 11 is 0. The van der Waals surface area contributed by atoms with Crippen molar-refractivity contribution < 1.29 is 4.79 Å². The van der Waals surface area contributed by atoms with Crippen LogP contribution in [0, 0.1) is 5.92 Å². The quantitative estimate of drug-likeness (QED) is 0.787. The highest BCUT2D eigenvalue weighted by Crippen LogP contribution is 2.02. The zero-order valence-electron chi connectivity index (χ0n) is 10.6. The fourth-order valence-electron chi connectivity index (χ4n) is 1.58. The number of hydrogen-bond acceptors (Lipinski definition) is 2. The third-order valence-corrected chi connectivity index (χ3v) is 2.66. The Morgan fingerprint density at radius 1 is 1.29 bits per heavy atom. The maximum absolute atomic E-state index is 11.7. The van der Waals surface area contributed by atoms with Crippen molar-refractivity contribution in [3.05, 3.63) is 35.9 Å². The number of rotatable bonds is 6. The molecule has 0 fully saturated rings. The molecule has 0 spiro atoms. The standard InChI is InChI=1S/C14H22N2O/c1-11(2)8-9-16-14(17)13(15)10-12-6-4-3-5-7-12/h3-7,11,13H,8-10,15H2,1-2H3,(H,16,17)/t13-/m0/s1. The minimum atomic E-state index is -0.454. The van der Waals surface area contributed by atoms with Crippen molar-refractivity contribution in [3.8, 4) is 0 Å². The van der Waals surface area contributed by atoms with Crippen LogP contribution in [0.25, 0.3) is 0 Å². The lowest BCUT2D eigenvalue weighted by Crippen LogP contribution is -2.42. The molecule has 17 heavy (non-hydrogen) atoms. The van der Waals surface area contributed by atoms with Crippen LogP contribution in [-0.2, 0) is 11.2 Å². The van der Waals surface area contributed by atoms with Crippen LogP contribution in [0.2, 0.25) is 0 Å². The largest absolute Gasteiger partial charge is 0.355 e. The molecule has 0 heterocycles. The second-order valence-electron chi connectivity index (χ2n) is 4.77. The van der Waals surface area contributed by atoms with Crippen LogP contribution in [0.5, 0.6) is 0 Å². The van der Waals surface area contributed by atoms with E-state index in [2.05, 4.69) is 19.2 Å². The monoisotopic (exact) mass is 234 g/mol. The van der Waals surface area contributed by atoms with Crippen molar-refractivity contribution in [2.75, 3.05) is 6.54 Å². The van der Waals surface area contributed by atoms with Gasteiger partial charge in [0.05, 0.1) is 6.04 Å². The van der Waals surface area contributed by atoms with Crippen molar-refractivity contribution in [1.29, 1.82) is 0 Å². The van der Waals surface area contributed by atoms with Gasteiger partial charge in [0.1, 0.15) is 0 Å². The molecule has 3 heteroatoms. The van der Waals surface area contributed by atoms with Crippen LogP contribution in [-0.4, -0.2) is 18.5 Å². The number of nitrogens with two attached hydrogens (primary N) is 1. The van der Waals surface area contributed by atoms with E-state index >= 15 is 0 Å². The van der Waals surface area contributed by atoms with Crippen LogP contribution in [0.1, 0.15) is 25.8 Å². The highest BCUT2D eigenvalue weighted by molar-refractivity contribution is 5.81. The first-order valence-corrected chi connectivity index (χ1v) is 6.17. The van der Waals surface area contributed by atoms with Crippen molar-refractivity contribution >= 4 is 5.91 Å². The average Bonchev–Trinajstić information content (AvgIpc) is 2.29. The van der Waals surface area contributed by atoms with Gasteiger partial charge in [-0.05, 0) is 24.3 Å². The summed E-state index contributed by atoms with van der Waals surface area (Å²) in [5, 5.41) is 2.87. The Bertz CT molecular complexity index is 335. The first-order chi connectivity index (χ1) is 8.09. The van der Waals surface area contributed by atoms with Gasteiger partial charge in [0.2, 0.25) is 5.91 Å². The van der Waals surface area contributed by atoms with Gasteiger partial charge in [-0.15, -0.1) is 0 Å². The SMILES string of the molecule is CC(C)CCNC(=O)[C@@H](N)Cc1ccccc1. The number of hydrogen-bond donors (Lipinski definition) is 2. The molecule has 0 aliphatic carbocycles. The summed E-state index contributed by atoms with van der Waals surface area (Å²) in [6.07, 6.45) is 1.58. The Balaban J connectivity index is 2.32.